The molecule has 1 rings (SSSR count). The molecule has 1 heterocycles. The van der Waals surface area contributed by atoms with Gasteiger partial charge in [0.25, 0.3) is 0 Å². The molecule has 1 atom stereocenters. The van der Waals surface area contributed by atoms with Crippen molar-refractivity contribution in [1.82, 2.24) is 9.97 Å². The third-order valence-corrected chi connectivity index (χ3v) is 1.83. The topological polar surface area (TPSA) is 84.1 Å². The van der Waals surface area contributed by atoms with Crippen LogP contribution in [0.2, 0.25) is 0 Å². The molecule has 0 saturated carbocycles. The lowest BCUT2D eigenvalue weighted by Gasteiger charge is -2.13. The highest BCUT2D eigenvalue weighted by Crippen LogP contribution is 2.09. The second kappa shape index (κ2) is 4.76. The van der Waals surface area contributed by atoms with Crippen molar-refractivity contribution in [2.75, 3.05) is 17.7 Å². The smallest absolute Gasteiger partial charge is 0.222 e. The molecule has 4 N–H and O–H groups in total. The molecule has 0 fully saturated rings. The summed E-state index contributed by atoms with van der Waals surface area (Å²) in [6.07, 6.45) is 0.683. The first-order chi connectivity index (χ1) is 6.61. The molecule has 0 aliphatic carbocycles. The number of anilines is 2. The Morgan fingerprint density at radius 2 is 2.29 bits per heavy atom. The van der Waals surface area contributed by atoms with E-state index in [1.807, 2.05) is 19.9 Å². The molecule has 1 unspecified atom stereocenters. The second-order valence-corrected chi connectivity index (χ2v) is 3.31. The Kier molecular flexibility index (Phi) is 3.64. The number of aromatic nitrogens is 2. The van der Waals surface area contributed by atoms with Gasteiger partial charge in [-0.25, -0.2) is 4.98 Å². The second-order valence-electron chi connectivity index (χ2n) is 3.31. The lowest BCUT2D eigenvalue weighted by atomic mass is 10.2. The van der Waals surface area contributed by atoms with E-state index in [4.69, 9.17) is 10.8 Å². The van der Waals surface area contributed by atoms with E-state index in [2.05, 4.69) is 15.3 Å². The molecule has 78 valence electrons. The van der Waals surface area contributed by atoms with E-state index >= 15 is 0 Å². The summed E-state index contributed by atoms with van der Waals surface area (Å²) in [7, 11) is 0. The lowest BCUT2D eigenvalue weighted by Crippen LogP contribution is -2.18. The van der Waals surface area contributed by atoms with Gasteiger partial charge in [-0.3, -0.25) is 0 Å². The predicted octanol–water partition coefficient (Wildman–Crippen LogP) is 0.550. The Morgan fingerprint density at radius 1 is 1.57 bits per heavy atom. The van der Waals surface area contributed by atoms with Crippen LogP contribution in [0.4, 0.5) is 11.8 Å². The van der Waals surface area contributed by atoms with Gasteiger partial charge in [-0.1, -0.05) is 0 Å². The van der Waals surface area contributed by atoms with E-state index in [9.17, 15) is 0 Å². The minimum absolute atomic E-state index is 0.160. The summed E-state index contributed by atoms with van der Waals surface area (Å²) >= 11 is 0. The standard InChI is InChI=1S/C9H16N4O/c1-6(3-4-14)11-8-5-7(2)12-9(10)13-8/h5-6,14H,3-4H2,1-2H3,(H3,10,11,12,13). The Labute approximate surface area is 83.4 Å². The number of nitrogens with one attached hydrogen (secondary N) is 1. The third kappa shape index (κ3) is 3.18. The van der Waals surface area contributed by atoms with E-state index in [1.165, 1.54) is 0 Å². The van der Waals surface area contributed by atoms with E-state index < -0.39 is 0 Å². The highest BCUT2D eigenvalue weighted by Gasteiger charge is 2.03. The van der Waals surface area contributed by atoms with Crippen LogP contribution >= 0.6 is 0 Å². The first kappa shape index (κ1) is 10.7. The fourth-order valence-electron chi connectivity index (χ4n) is 1.18. The Balaban J connectivity index is 2.66. The maximum absolute atomic E-state index is 8.73. The number of aliphatic hydroxyl groups excluding tert-OH is 1. The number of aliphatic hydroxyl groups is 1. The first-order valence-corrected chi connectivity index (χ1v) is 4.60. The zero-order valence-corrected chi connectivity index (χ0v) is 8.49. The van der Waals surface area contributed by atoms with Crippen molar-refractivity contribution in [2.24, 2.45) is 0 Å². The number of aryl methyl sites for hydroxylation is 1. The van der Waals surface area contributed by atoms with Gasteiger partial charge in [0, 0.05) is 24.4 Å². The first-order valence-electron chi connectivity index (χ1n) is 4.60. The molecule has 0 saturated heterocycles. The molecule has 0 aliphatic rings. The molecule has 0 radical (unpaired) electrons. The highest BCUT2D eigenvalue weighted by molar-refractivity contribution is 5.40. The van der Waals surface area contributed by atoms with E-state index in [0.717, 1.165) is 5.69 Å². The zero-order chi connectivity index (χ0) is 10.6. The summed E-state index contributed by atoms with van der Waals surface area (Å²) in [4.78, 5) is 7.99. The summed E-state index contributed by atoms with van der Waals surface area (Å²) in [6.45, 7) is 4.00. The van der Waals surface area contributed by atoms with Gasteiger partial charge >= 0.3 is 0 Å². The molecule has 0 aliphatic heterocycles. The predicted molar refractivity (Wildman–Crippen MR) is 56.0 cm³/mol. The monoisotopic (exact) mass is 196 g/mol. The van der Waals surface area contributed by atoms with E-state index in [0.29, 0.717) is 12.2 Å². The molecule has 5 nitrogen and oxygen atoms in total. The Hall–Kier alpha value is -1.36. The van der Waals surface area contributed by atoms with E-state index in [1.54, 1.807) is 0 Å². The van der Waals surface area contributed by atoms with Crippen molar-refractivity contribution in [3.05, 3.63) is 11.8 Å². The van der Waals surface area contributed by atoms with Crippen LogP contribution in [0, 0.1) is 6.92 Å². The van der Waals surface area contributed by atoms with Gasteiger partial charge in [-0.2, -0.15) is 4.98 Å². The normalized spacial score (nSPS) is 12.5. The summed E-state index contributed by atoms with van der Waals surface area (Å²) in [5.41, 5.74) is 6.33. The van der Waals surface area contributed by atoms with Crippen molar-refractivity contribution >= 4 is 11.8 Å². The van der Waals surface area contributed by atoms with Gasteiger partial charge in [0.1, 0.15) is 5.82 Å². The van der Waals surface area contributed by atoms with Gasteiger partial charge in [-0.15, -0.1) is 0 Å². The molecule has 14 heavy (non-hydrogen) atoms. The minimum atomic E-state index is 0.160. The number of hydrogen-bond acceptors (Lipinski definition) is 5. The van der Waals surface area contributed by atoms with Crippen LogP contribution in [-0.4, -0.2) is 27.7 Å². The number of nitrogen functional groups attached to an aromatic ring is 1. The van der Waals surface area contributed by atoms with Crippen molar-refractivity contribution in [1.29, 1.82) is 0 Å². The van der Waals surface area contributed by atoms with Crippen LogP contribution in [0.1, 0.15) is 19.0 Å². The number of rotatable bonds is 4. The van der Waals surface area contributed by atoms with Gasteiger partial charge in [0.05, 0.1) is 0 Å². The Morgan fingerprint density at radius 3 is 2.86 bits per heavy atom. The van der Waals surface area contributed by atoms with Crippen molar-refractivity contribution in [3.8, 4) is 0 Å². The van der Waals surface area contributed by atoms with Gasteiger partial charge in [-0.05, 0) is 20.3 Å². The van der Waals surface area contributed by atoms with Crippen LogP contribution in [-0.2, 0) is 0 Å². The van der Waals surface area contributed by atoms with Crippen LogP contribution in [0.5, 0.6) is 0 Å². The lowest BCUT2D eigenvalue weighted by molar-refractivity contribution is 0.282. The molecule has 0 aromatic carbocycles. The van der Waals surface area contributed by atoms with E-state index in [-0.39, 0.29) is 18.6 Å². The molecule has 5 heteroatoms. The Bertz CT molecular complexity index is 283. The van der Waals surface area contributed by atoms with Gasteiger partial charge in [0.2, 0.25) is 5.95 Å². The summed E-state index contributed by atoms with van der Waals surface area (Å²) in [6, 6.07) is 2.00. The molecular formula is C9H16N4O. The molecule has 0 spiro atoms. The maximum Gasteiger partial charge on any atom is 0.222 e. The molecule has 1 aromatic heterocycles. The summed E-state index contributed by atoms with van der Waals surface area (Å²) < 4.78 is 0. The summed E-state index contributed by atoms with van der Waals surface area (Å²) in [5.74, 6) is 0.972. The largest absolute Gasteiger partial charge is 0.396 e. The van der Waals surface area contributed by atoms with Crippen LogP contribution < -0.4 is 11.1 Å². The van der Waals surface area contributed by atoms with Crippen LogP contribution in [0.3, 0.4) is 0 Å². The third-order valence-electron chi connectivity index (χ3n) is 1.83. The molecular weight excluding hydrogens is 180 g/mol. The maximum atomic E-state index is 8.73. The van der Waals surface area contributed by atoms with Gasteiger partial charge < -0.3 is 16.2 Å². The molecule has 1 aromatic rings. The quantitative estimate of drug-likeness (QED) is 0.655. The molecule has 0 amide bonds. The summed E-state index contributed by atoms with van der Waals surface area (Å²) in [5, 5.41) is 11.9. The van der Waals surface area contributed by atoms with Gasteiger partial charge in [0.15, 0.2) is 0 Å². The SMILES string of the molecule is Cc1cc(NC(C)CCO)nc(N)n1. The van der Waals surface area contributed by atoms with Crippen molar-refractivity contribution < 1.29 is 5.11 Å². The highest BCUT2D eigenvalue weighted by atomic mass is 16.3. The number of nitrogens with two attached hydrogens (primary N) is 1. The zero-order valence-electron chi connectivity index (χ0n) is 8.49. The molecule has 0 bridgehead atoms. The van der Waals surface area contributed by atoms with Crippen molar-refractivity contribution in [2.45, 2.75) is 26.3 Å². The van der Waals surface area contributed by atoms with Crippen LogP contribution in [0.15, 0.2) is 6.07 Å². The van der Waals surface area contributed by atoms with Crippen molar-refractivity contribution in [3.63, 3.8) is 0 Å². The fraction of sp³-hybridized carbons (Fsp3) is 0.556. The fourth-order valence-corrected chi connectivity index (χ4v) is 1.18. The number of nitrogens with zero attached hydrogens (tertiary/aromatic N) is 2. The average Bonchev–Trinajstić information content (AvgIpc) is 2.01. The number of hydrogen-bond donors (Lipinski definition) is 3. The minimum Gasteiger partial charge on any atom is -0.396 e. The average molecular weight is 196 g/mol. The van der Waals surface area contributed by atoms with Crippen LogP contribution in [0.25, 0.3) is 0 Å².